The lowest BCUT2D eigenvalue weighted by molar-refractivity contribution is 0.0837. The third-order valence-corrected chi connectivity index (χ3v) is 7.13. The van der Waals surface area contributed by atoms with Crippen LogP contribution < -0.4 is 5.56 Å². The van der Waals surface area contributed by atoms with Crippen LogP contribution in [0.5, 0.6) is 0 Å². The lowest BCUT2D eigenvalue weighted by atomic mass is 9.89. The van der Waals surface area contributed by atoms with Crippen LogP contribution in [-0.4, -0.2) is 52.9 Å². The lowest BCUT2D eigenvalue weighted by Crippen LogP contribution is -2.36. The highest BCUT2D eigenvalue weighted by molar-refractivity contribution is 7.18. The number of benzene rings is 1. The zero-order chi connectivity index (χ0) is 21.8. The van der Waals surface area contributed by atoms with E-state index in [0.29, 0.717) is 44.4 Å². The Bertz CT molecular complexity index is 1060. The van der Waals surface area contributed by atoms with Crippen molar-refractivity contribution in [3.63, 3.8) is 0 Å². The topological polar surface area (TPSA) is 78.5 Å². The zero-order valence-corrected chi connectivity index (χ0v) is 19.1. The minimum atomic E-state index is -0.509. The number of nitrogens with zero attached hydrogens (tertiary/aromatic N) is 2. The van der Waals surface area contributed by atoms with Gasteiger partial charge in [-0.3, -0.25) is 9.69 Å². The molecule has 0 aliphatic heterocycles. The van der Waals surface area contributed by atoms with Crippen molar-refractivity contribution in [3.8, 4) is 0 Å². The number of aryl methyl sites for hydroxylation is 1. The van der Waals surface area contributed by atoms with Crippen molar-refractivity contribution in [2.24, 2.45) is 5.92 Å². The molecule has 1 aliphatic carbocycles. The van der Waals surface area contributed by atoms with E-state index in [1.807, 2.05) is 30.3 Å². The summed E-state index contributed by atoms with van der Waals surface area (Å²) >= 11 is 1.67. The molecule has 31 heavy (non-hydrogen) atoms. The molecule has 6 nitrogen and oxygen atoms in total. The summed E-state index contributed by atoms with van der Waals surface area (Å²) in [5, 5.41) is 11.4. The van der Waals surface area contributed by atoms with E-state index < -0.39 is 6.10 Å². The Morgan fingerprint density at radius 1 is 1.35 bits per heavy atom. The molecule has 1 aromatic carbocycles. The number of H-pyrrole nitrogens is 1. The first-order valence-corrected chi connectivity index (χ1v) is 11.8. The predicted molar refractivity (Wildman–Crippen MR) is 125 cm³/mol. The summed E-state index contributed by atoms with van der Waals surface area (Å²) in [7, 11) is 1.67. The van der Waals surface area contributed by atoms with Crippen molar-refractivity contribution in [2.45, 2.75) is 45.3 Å². The van der Waals surface area contributed by atoms with Crippen LogP contribution in [0.1, 0.15) is 35.2 Å². The monoisotopic (exact) mass is 441 g/mol. The second kappa shape index (κ2) is 10.0. The number of aromatic amines is 1. The summed E-state index contributed by atoms with van der Waals surface area (Å²) in [6.45, 7) is 4.43. The highest BCUT2D eigenvalue weighted by atomic mass is 32.1. The number of fused-ring (bicyclic) bond motifs is 3. The maximum atomic E-state index is 12.9. The second-order valence-electron chi connectivity index (χ2n) is 8.62. The Balaban J connectivity index is 1.51. The number of aliphatic hydroxyl groups is 1. The highest BCUT2D eigenvalue weighted by Gasteiger charge is 2.23. The van der Waals surface area contributed by atoms with Crippen LogP contribution in [0.4, 0.5) is 0 Å². The third-order valence-electron chi connectivity index (χ3n) is 5.98. The van der Waals surface area contributed by atoms with E-state index in [1.165, 1.54) is 10.4 Å². The Kier molecular flexibility index (Phi) is 7.17. The van der Waals surface area contributed by atoms with Crippen molar-refractivity contribution >= 4 is 21.6 Å². The second-order valence-corrected chi connectivity index (χ2v) is 9.70. The molecule has 0 amide bonds. The summed E-state index contributed by atoms with van der Waals surface area (Å²) in [5.41, 5.74) is 2.27. The molecular formula is C24H31N3O3S. The summed E-state index contributed by atoms with van der Waals surface area (Å²) in [5.74, 6) is 1.31. The van der Waals surface area contributed by atoms with Crippen LogP contribution in [0.25, 0.3) is 10.2 Å². The van der Waals surface area contributed by atoms with Crippen molar-refractivity contribution in [1.29, 1.82) is 0 Å². The molecular weight excluding hydrogens is 410 g/mol. The number of hydrogen-bond acceptors (Lipinski definition) is 6. The molecule has 0 saturated heterocycles. The van der Waals surface area contributed by atoms with E-state index in [1.54, 1.807) is 18.4 Å². The molecule has 2 heterocycles. The van der Waals surface area contributed by atoms with E-state index in [2.05, 4.69) is 16.8 Å². The minimum Gasteiger partial charge on any atom is -0.391 e. The van der Waals surface area contributed by atoms with E-state index in [9.17, 15) is 9.90 Å². The fourth-order valence-corrected chi connectivity index (χ4v) is 5.79. The number of rotatable bonds is 9. The van der Waals surface area contributed by atoms with Crippen LogP contribution in [0.15, 0.2) is 35.1 Å². The van der Waals surface area contributed by atoms with Crippen LogP contribution in [0, 0.1) is 5.92 Å². The van der Waals surface area contributed by atoms with Crippen molar-refractivity contribution in [1.82, 2.24) is 14.9 Å². The fraction of sp³-hybridized carbons (Fsp3) is 0.500. The zero-order valence-electron chi connectivity index (χ0n) is 18.3. The van der Waals surface area contributed by atoms with Crippen LogP contribution in [0.2, 0.25) is 0 Å². The average molecular weight is 442 g/mol. The van der Waals surface area contributed by atoms with Gasteiger partial charge in [0.1, 0.15) is 10.7 Å². The van der Waals surface area contributed by atoms with Crippen LogP contribution in [-0.2, 0) is 30.5 Å². The molecule has 0 fully saturated rings. The molecule has 0 spiro atoms. The summed E-state index contributed by atoms with van der Waals surface area (Å²) in [6, 6.07) is 9.98. The summed E-state index contributed by atoms with van der Waals surface area (Å²) in [6.07, 6.45) is 3.21. The number of nitrogens with one attached hydrogen (secondary N) is 1. The van der Waals surface area contributed by atoms with E-state index in [4.69, 9.17) is 9.72 Å². The molecule has 0 radical (unpaired) electrons. The van der Waals surface area contributed by atoms with Crippen LogP contribution >= 0.6 is 11.3 Å². The van der Waals surface area contributed by atoms with Gasteiger partial charge < -0.3 is 14.8 Å². The van der Waals surface area contributed by atoms with Gasteiger partial charge in [0.2, 0.25) is 0 Å². The predicted octanol–water partition coefficient (Wildman–Crippen LogP) is 3.16. The van der Waals surface area contributed by atoms with Crippen LogP contribution in [0.3, 0.4) is 0 Å². The largest absolute Gasteiger partial charge is 0.391 e. The van der Waals surface area contributed by atoms with Crippen molar-refractivity contribution in [3.05, 3.63) is 62.5 Å². The van der Waals surface area contributed by atoms with Gasteiger partial charge in [0, 0.05) is 25.1 Å². The fourth-order valence-electron chi connectivity index (χ4n) is 4.38. The Labute approximate surface area is 186 Å². The first-order valence-electron chi connectivity index (χ1n) is 11.0. The number of hydrogen-bond donors (Lipinski definition) is 2. The standard InChI is InChI=1S/C24H31N3O3S/c1-16-8-9-19-20(12-16)31-24-22(19)23(29)25-21(26-24)15-27(10-11-30-2)14-18(28)13-17-6-4-3-5-7-17/h3-7,16,18,28H,8-15H2,1-2H3,(H,25,26,29)/t16-,18+/m0/s1. The Morgan fingerprint density at radius 2 is 2.16 bits per heavy atom. The van der Waals surface area contributed by atoms with Gasteiger partial charge >= 0.3 is 0 Å². The van der Waals surface area contributed by atoms with E-state index in [0.717, 1.165) is 35.0 Å². The molecule has 4 rings (SSSR count). The molecule has 1 aliphatic rings. The minimum absolute atomic E-state index is 0.0384. The first kappa shape index (κ1) is 22.1. The Hall–Kier alpha value is -2.06. The van der Waals surface area contributed by atoms with Gasteiger partial charge in [0.25, 0.3) is 5.56 Å². The van der Waals surface area contributed by atoms with Gasteiger partial charge in [-0.05, 0) is 42.7 Å². The molecule has 0 bridgehead atoms. The van der Waals surface area contributed by atoms with Gasteiger partial charge in [0.05, 0.1) is 24.6 Å². The average Bonchev–Trinajstić information content (AvgIpc) is 3.10. The van der Waals surface area contributed by atoms with Gasteiger partial charge in [-0.25, -0.2) is 4.98 Å². The number of aliphatic hydroxyl groups excluding tert-OH is 1. The number of aromatic nitrogens is 2. The maximum absolute atomic E-state index is 12.9. The number of methoxy groups -OCH3 is 1. The normalized spacial score (nSPS) is 17.2. The van der Waals surface area contributed by atoms with Crippen molar-refractivity contribution < 1.29 is 9.84 Å². The van der Waals surface area contributed by atoms with E-state index in [-0.39, 0.29) is 5.56 Å². The molecule has 166 valence electrons. The summed E-state index contributed by atoms with van der Waals surface area (Å²) in [4.78, 5) is 25.0. The molecule has 0 unspecified atom stereocenters. The SMILES string of the molecule is COCCN(Cc1nc2sc3c(c2c(=O)[nH]1)CC[C@H](C)C3)C[C@H](O)Cc1ccccc1. The van der Waals surface area contributed by atoms with Gasteiger partial charge in [-0.15, -0.1) is 11.3 Å². The van der Waals surface area contributed by atoms with E-state index >= 15 is 0 Å². The molecule has 7 heteroatoms. The molecule has 3 aromatic rings. The van der Waals surface area contributed by atoms with Gasteiger partial charge in [0.15, 0.2) is 0 Å². The number of thiophene rings is 1. The lowest BCUT2D eigenvalue weighted by Gasteiger charge is -2.24. The first-order chi connectivity index (χ1) is 15.0. The molecule has 2 aromatic heterocycles. The van der Waals surface area contributed by atoms with Gasteiger partial charge in [-0.1, -0.05) is 37.3 Å². The highest BCUT2D eigenvalue weighted by Crippen LogP contribution is 2.35. The molecule has 2 N–H and O–H groups in total. The third kappa shape index (κ3) is 5.41. The van der Waals surface area contributed by atoms with Gasteiger partial charge in [-0.2, -0.15) is 0 Å². The smallest absolute Gasteiger partial charge is 0.259 e. The molecule has 2 atom stereocenters. The quantitative estimate of drug-likeness (QED) is 0.533. The van der Waals surface area contributed by atoms with Crippen molar-refractivity contribution in [2.75, 3.05) is 26.8 Å². The number of ether oxygens (including phenoxy) is 1. The Morgan fingerprint density at radius 3 is 2.94 bits per heavy atom. The maximum Gasteiger partial charge on any atom is 0.259 e. The molecule has 0 saturated carbocycles. The summed E-state index contributed by atoms with van der Waals surface area (Å²) < 4.78 is 5.26.